The van der Waals surface area contributed by atoms with Gasteiger partial charge in [0.05, 0.1) is 31.0 Å². The molecule has 0 radical (unpaired) electrons. The Bertz CT molecular complexity index is 581. The van der Waals surface area contributed by atoms with Gasteiger partial charge in [-0.3, -0.25) is 4.98 Å². The molecule has 0 amide bonds. The monoisotopic (exact) mass is 232 g/mol. The third-order valence-corrected chi connectivity index (χ3v) is 2.37. The molecule has 0 spiro atoms. The summed E-state index contributed by atoms with van der Waals surface area (Å²) in [4.78, 5) is 20.0. The molecule has 2 rings (SSSR count). The molecule has 0 atom stereocenters. The Balaban J connectivity index is 2.70. The van der Waals surface area contributed by atoms with Gasteiger partial charge in [0.2, 0.25) is 0 Å². The molecule has 17 heavy (non-hydrogen) atoms. The van der Waals surface area contributed by atoms with Crippen molar-refractivity contribution in [2.24, 2.45) is 0 Å². The van der Waals surface area contributed by atoms with Crippen molar-refractivity contribution in [1.29, 1.82) is 0 Å². The van der Waals surface area contributed by atoms with Crippen LogP contribution in [-0.4, -0.2) is 30.2 Å². The van der Waals surface area contributed by atoms with Crippen molar-refractivity contribution >= 4 is 17.0 Å². The number of ether oxygens (including phenoxy) is 2. The van der Waals surface area contributed by atoms with E-state index >= 15 is 0 Å². The van der Waals surface area contributed by atoms with Gasteiger partial charge in [-0.1, -0.05) is 0 Å². The average Bonchev–Trinajstić information content (AvgIpc) is 2.36. The third kappa shape index (κ3) is 2.04. The van der Waals surface area contributed by atoms with Gasteiger partial charge in [-0.05, 0) is 19.1 Å². The number of carbonyl (C=O) groups excluding carboxylic acids is 1. The fourth-order valence-corrected chi connectivity index (χ4v) is 1.56. The standard InChI is InChI=1S/C12H12N2O3/c1-7-6-13-9-4-8(12(15)17-3)5-10(16-2)11(9)14-7/h4-6H,1-3H3. The molecule has 0 saturated carbocycles. The smallest absolute Gasteiger partial charge is 0.338 e. The van der Waals surface area contributed by atoms with Crippen molar-refractivity contribution in [3.63, 3.8) is 0 Å². The van der Waals surface area contributed by atoms with Crippen LogP contribution in [0.5, 0.6) is 5.75 Å². The van der Waals surface area contributed by atoms with Gasteiger partial charge in [0.15, 0.2) is 0 Å². The van der Waals surface area contributed by atoms with Crippen molar-refractivity contribution in [2.75, 3.05) is 14.2 Å². The van der Waals surface area contributed by atoms with E-state index < -0.39 is 5.97 Å². The SMILES string of the molecule is COC(=O)c1cc(OC)c2nc(C)cnc2c1. The summed E-state index contributed by atoms with van der Waals surface area (Å²) in [6.07, 6.45) is 1.64. The molecule has 1 aromatic heterocycles. The maximum absolute atomic E-state index is 11.5. The minimum atomic E-state index is -0.424. The number of hydrogen-bond acceptors (Lipinski definition) is 5. The Morgan fingerprint density at radius 2 is 2.06 bits per heavy atom. The van der Waals surface area contributed by atoms with E-state index in [1.165, 1.54) is 14.2 Å². The summed E-state index contributed by atoms with van der Waals surface area (Å²) in [6, 6.07) is 3.23. The minimum Gasteiger partial charge on any atom is -0.494 e. The number of carbonyl (C=O) groups is 1. The Labute approximate surface area is 98.4 Å². The lowest BCUT2D eigenvalue weighted by Crippen LogP contribution is -2.03. The zero-order valence-electron chi connectivity index (χ0n) is 9.85. The third-order valence-electron chi connectivity index (χ3n) is 2.37. The van der Waals surface area contributed by atoms with Crippen molar-refractivity contribution in [1.82, 2.24) is 9.97 Å². The quantitative estimate of drug-likeness (QED) is 0.738. The Hall–Kier alpha value is -2.17. The van der Waals surface area contributed by atoms with E-state index in [1.807, 2.05) is 6.92 Å². The van der Waals surface area contributed by atoms with Crippen LogP contribution >= 0.6 is 0 Å². The van der Waals surface area contributed by atoms with Crippen LogP contribution in [0, 0.1) is 6.92 Å². The topological polar surface area (TPSA) is 61.3 Å². The number of methoxy groups -OCH3 is 2. The number of nitrogens with zero attached hydrogens (tertiary/aromatic N) is 2. The molecule has 0 aliphatic rings. The summed E-state index contributed by atoms with van der Waals surface area (Å²) in [5.74, 6) is 0.0895. The lowest BCUT2D eigenvalue weighted by Gasteiger charge is -2.07. The van der Waals surface area contributed by atoms with E-state index in [9.17, 15) is 4.79 Å². The second-order valence-corrected chi connectivity index (χ2v) is 3.55. The molecule has 5 nitrogen and oxygen atoms in total. The van der Waals surface area contributed by atoms with Gasteiger partial charge in [-0.15, -0.1) is 0 Å². The summed E-state index contributed by atoms with van der Waals surface area (Å²) >= 11 is 0. The summed E-state index contributed by atoms with van der Waals surface area (Å²) in [7, 11) is 2.86. The van der Waals surface area contributed by atoms with E-state index in [0.29, 0.717) is 22.3 Å². The van der Waals surface area contributed by atoms with Crippen LogP contribution in [0.3, 0.4) is 0 Å². The molecule has 0 fully saturated rings. The molecule has 1 heterocycles. The second kappa shape index (κ2) is 4.37. The minimum absolute atomic E-state index is 0.398. The molecule has 88 valence electrons. The molecular formula is C12H12N2O3. The van der Waals surface area contributed by atoms with Gasteiger partial charge < -0.3 is 9.47 Å². The van der Waals surface area contributed by atoms with Crippen molar-refractivity contribution in [2.45, 2.75) is 6.92 Å². The van der Waals surface area contributed by atoms with E-state index in [4.69, 9.17) is 4.74 Å². The Kier molecular flexibility index (Phi) is 2.91. The van der Waals surface area contributed by atoms with Crippen LogP contribution < -0.4 is 4.74 Å². The number of rotatable bonds is 2. The molecule has 1 aromatic carbocycles. The lowest BCUT2D eigenvalue weighted by atomic mass is 10.1. The number of aromatic nitrogens is 2. The first kappa shape index (κ1) is 11.3. The summed E-state index contributed by atoms with van der Waals surface area (Å²) in [5.41, 5.74) is 2.44. The number of fused-ring (bicyclic) bond motifs is 1. The molecule has 0 aliphatic heterocycles. The summed E-state index contributed by atoms with van der Waals surface area (Å²) in [5, 5.41) is 0. The number of esters is 1. The van der Waals surface area contributed by atoms with Crippen LogP contribution in [0.1, 0.15) is 16.1 Å². The van der Waals surface area contributed by atoms with Crippen LogP contribution in [0.2, 0.25) is 0 Å². The number of benzene rings is 1. The fraction of sp³-hybridized carbons (Fsp3) is 0.250. The number of aryl methyl sites for hydroxylation is 1. The molecular weight excluding hydrogens is 220 g/mol. The van der Waals surface area contributed by atoms with E-state index in [1.54, 1.807) is 18.3 Å². The predicted molar refractivity (Wildman–Crippen MR) is 62.2 cm³/mol. The maximum Gasteiger partial charge on any atom is 0.338 e. The predicted octanol–water partition coefficient (Wildman–Crippen LogP) is 1.73. The molecule has 0 saturated heterocycles. The van der Waals surface area contributed by atoms with Gasteiger partial charge in [0.1, 0.15) is 11.3 Å². The van der Waals surface area contributed by atoms with Crippen molar-refractivity contribution < 1.29 is 14.3 Å². The van der Waals surface area contributed by atoms with Gasteiger partial charge >= 0.3 is 5.97 Å². The fourth-order valence-electron chi connectivity index (χ4n) is 1.56. The zero-order chi connectivity index (χ0) is 12.4. The van der Waals surface area contributed by atoms with Gasteiger partial charge in [-0.2, -0.15) is 0 Å². The normalized spacial score (nSPS) is 10.3. The van der Waals surface area contributed by atoms with Crippen LogP contribution in [-0.2, 0) is 4.74 Å². The first-order valence-electron chi connectivity index (χ1n) is 5.05. The highest BCUT2D eigenvalue weighted by Gasteiger charge is 2.12. The van der Waals surface area contributed by atoms with Crippen molar-refractivity contribution in [3.05, 3.63) is 29.6 Å². The van der Waals surface area contributed by atoms with Gasteiger partial charge in [0, 0.05) is 6.20 Å². The lowest BCUT2D eigenvalue weighted by molar-refractivity contribution is 0.0600. The number of hydrogen-bond donors (Lipinski definition) is 0. The van der Waals surface area contributed by atoms with Crippen molar-refractivity contribution in [3.8, 4) is 5.75 Å². The average molecular weight is 232 g/mol. The highest BCUT2D eigenvalue weighted by molar-refractivity contribution is 5.95. The van der Waals surface area contributed by atoms with E-state index in [0.717, 1.165) is 5.69 Å². The van der Waals surface area contributed by atoms with E-state index in [2.05, 4.69) is 14.7 Å². The van der Waals surface area contributed by atoms with Crippen LogP contribution in [0.15, 0.2) is 18.3 Å². The van der Waals surface area contributed by atoms with Gasteiger partial charge in [-0.25, -0.2) is 9.78 Å². The highest BCUT2D eigenvalue weighted by atomic mass is 16.5. The van der Waals surface area contributed by atoms with Crippen LogP contribution in [0.4, 0.5) is 0 Å². The molecule has 0 unspecified atom stereocenters. The first-order chi connectivity index (χ1) is 8.15. The molecule has 2 aromatic rings. The second-order valence-electron chi connectivity index (χ2n) is 3.55. The first-order valence-corrected chi connectivity index (χ1v) is 5.05. The molecule has 5 heteroatoms. The van der Waals surface area contributed by atoms with E-state index in [-0.39, 0.29) is 0 Å². The molecule has 0 aliphatic carbocycles. The van der Waals surface area contributed by atoms with Crippen LogP contribution in [0.25, 0.3) is 11.0 Å². The molecule has 0 N–H and O–H groups in total. The Morgan fingerprint density at radius 1 is 1.29 bits per heavy atom. The zero-order valence-corrected chi connectivity index (χ0v) is 9.85. The maximum atomic E-state index is 11.5. The Morgan fingerprint density at radius 3 is 2.71 bits per heavy atom. The largest absolute Gasteiger partial charge is 0.494 e. The highest BCUT2D eigenvalue weighted by Crippen LogP contribution is 2.24. The summed E-state index contributed by atoms with van der Waals surface area (Å²) in [6.45, 7) is 1.85. The summed E-state index contributed by atoms with van der Waals surface area (Å²) < 4.78 is 9.87. The van der Waals surface area contributed by atoms with Gasteiger partial charge in [0.25, 0.3) is 0 Å². The molecule has 0 bridgehead atoms.